The van der Waals surface area contributed by atoms with Gasteiger partial charge in [-0.1, -0.05) is 46.0 Å². The van der Waals surface area contributed by atoms with Crippen LogP contribution in [0.25, 0.3) is 0 Å². The number of sulfonamides is 1. The van der Waals surface area contributed by atoms with Crippen molar-refractivity contribution in [1.29, 1.82) is 0 Å². The van der Waals surface area contributed by atoms with Crippen LogP contribution < -0.4 is 16.2 Å². The van der Waals surface area contributed by atoms with Crippen molar-refractivity contribution in [2.45, 2.75) is 74.6 Å². The Morgan fingerprint density at radius 3 is 2.04 bits per heavy atom. The SMILES string of the molecule is CC.NCCSc1c(F)c(F)c(S(N)(=O)=O)c(NC2CCCCCCC2)c1F. The molecule has 0 unspecified atom stereocenters. The molecule has 1 aromatic carbocycles. The highest BCUT2D eigenvalue weighted by molar-refractivity contribution is 7.99. The van der Waals surface area contributed by atoms with Crippen molar-refractivity contribution in [3.05, 3.63) is 17.5 Å². The number of hydrogen-bond donors (Lipinski definition) is 3. The Morgan fingerprint density at radius 1 is 1.00 bits per heavy atom. The minimum Gasteiger partial charge on any atom is -0.379 e. The maximum absolute atomic E-state index is 14.9. The van der Waals surface area contributed by atoms with Gasteiger partial charge in [-0.25, -0.2) is 26.7 Å². The molecule has 0 atom stereocenters. The van der Waals surface area contributed by atoms with Gasteiger partial charge in [0.25, 0.3) is 0 Å². The Balaban J connectivity index is 0.00000190. The van der Waals surface area contributed by atoms with Crippen molar-refractivity contribution < 1.29 is 21.6 Å². The van der Waals surface area contributed by atoms with Crippen LogP contribution in [-0.4, -0.2) is 26.8 Å². The summed E-state index contributed by atoms with van der Waals surface area (Å²) in [6.45, 7) is 4.13. The van der Waals surface area contributed by atoms with E-state index in [4.69, 9.17) is 10.9 Å². The molecule has 28 heavy (non-hydrogen) atoms. The van der Waals surface area contributed by atoms with E-state index in [9.17, 15) is 21.6 Å². The number of benzene rings is 1. The van der Waals surface area contributed by atoms with Gasteiger partial charge in [0, 0.05) is 18.3 Å². The number of primary sulfonamides is 1. The van der Waals surface area contributed by atoms with Crippen molar-refractivity contribution in [2.24, 2.45) is 10.9 Å². The first-order chi connectivity index (χ1) is 13.3. The number of nitrogens with one attached hydrogen (secondary N) is 1. The molecule has 0 bridgehead atoms. The van der Waals surface area contributed by atoms with E-state index < -0.39 is 43.0 Å². The zero-order valence-corrected chi connectivity index (χ0v) is 18.0. The van der Waals surface area contributed by atoms with Crippen molar-refractivity contribution in [2.75, 3.05) is 17.6 Å². The quantitative estimate of drug-likeness (QED) is 0.450. The van der Waals surface area contributed by atoms with E-state index in [1.165, 1.54) is 0 Å². The topological polar surface area (TPSA) is 98.2 Å². The van der Waals surface area contributed by atoms with Crippen LogP contribution in [0.2, 0.25) is 0 Å². The second-order valence-electron chi connectivity index (χ2n) is 6.34. The first-order valence-electron chi connectivity index (χ1n) is 9.60. The average molecular weight is 442 g/mol. The molecule has 1 aliphatic rings. The Kier molecular flexibility index (Phi) is 10.6. The molecule has 1 aromatic rings. The third-order valence-electron chi connectivity index (χ3n) is 4.34. The average Bonchev–Trinajstić information content (AvgIpc) is 2.62. The van der Waals surface area contributed by atoms with Crippen LogP contribution in [0.1, 0.15) is 58.8 Å². The van der Waals surface area contributed by atoms with E-state index in [2.05, 4.69) is 5.32 Å². The summed E-state index contributed by atoms with van der Waals surface area (Å²) in [5.41, 5.74) is 4.76. The highest BCUT2D eigenvalue weighted by Crippen LogP contribution is 2.38. The molecule has 1 aliphatic carbocycles. The molecule has 0 aromatic heterocycles. The summed E-state index contributed by atoms with van der Waals surface area (Å²) in [5.74, 6) is -4.21. The second kappa shape index (κ2) is 11.9. The Labute approximate surface area is 169 Å². The largest absolute Gasteiger partial charge is 0.379 e. The molecule has 1 saturated carbocycles. The first kappa shape index (κ1) is 25.1. The number of halogens is 3. The lowest BCUT2D eigenvalue weighted by atomic mass is 9.96. The zero-order valence-electron chi connectivity index (χ0n) is 16.4. The highest BCUT2D eigenvalue weighted by atomic mass is 32.2. The second-order valence-corrected chi connectivity index (χ2v) is 8.95. The van der Waals surface area contributed by atoms with Gasteiger partial charge in [-0.15, -0.1) is 11.8 Å². The minimum atomic E-state index is -4.66. The Hall–Kier alpha value is -0.970. The molecule has 5 N–H and O–H groups in total. The Bertz CT molecular complexity index is 738. The summed E-state index contributed by atoms with van der Waals surface area (Å²) in [6.07, 6.45) is 6.33. The maximum atomic E-state index is 14.9. The van der Waals surface area contributed by atoms with E-state index in [-0.39, 0.29) is 18.3 Å². The molecule has 2 rings (SSSR count). The van der Waals surface area contributed by atoms with Gasteiger partial charge < -0.3 is 11.1 Å². The summed E-state index contributed by atoms with van der Waals surface area (Å²) >= 11 is 0.700. The van der Waals surface area contributed by atoms with Crippen LogP contribution in [0.3, 0.4) is 0 Å². The molecule has 0 radical (unpaired) electrons. The van der Waals surface area contributed by atoms with Crippen LogP contribution in [0.4, 0.5) is 18.9 Å². The summed E-state index contributed by atoms with van der Waals surface area (Å²) in [5, 5.41) is 7.83. The molecule has 0 aliphatic heterocycles. The Morgan fingerprint density at radius 2 is 1.54 bits per heavy atom. The fourth-order valence-corrected chi connectivity index (χ4v) is 4.65. The lowest BCUT2D eigenvalue weighted by Crippen LogP contribution is -2.26. The van der Waals surface area contributed by atoms with Gasteiger partial charge in [0.2, 0.25) is 10.0 Å². The van der Waals surface area contributed by atoms with Gasteiger partial charge in [0.05, 0.1) is 10.6 Å². The number of rotatable bonds is 6. The van der Waals surface area contributed by atoms with Crippen LogP contribution in [0, 0.1) is 17.5 Å². The molecule has 0 saturated heterocycles. The smallest absolute Gasteiger partial charge is 0.243 e. The standard InChI is InChI=1S/C16H24F3N3O2S2.C2H6/c17-11-12(18)16(26(21,23)24)14(13(19)15(11)25-9-8-20)22-10-6-4-2-1-3-5-7-10;1-2/h10,22H,1-9,20H2,(H2,21,23,24);1-2H3. The number of anilines is 1. The van der Waals surface area contributed by atoms with Gasteiger partial charge in [0.15, 0.2) is 17.5 Å². The molecule has 0 spiro atoms. The van der Waals surface area contributed by atoms with E-state index in [0.717, 1.165) is 32.1 Å². The van der Waals surface area contributed by atoms with Gasteiger partial charge in [-0.3, -0.25) is 0 Å². The van der Waals surface area contributed by atoms with E-state index in [1.54, 1.807) is 0 Å². The maximum Gasteiger partial charge on any atom is 0.243 e. The normalized spacial score (nSPS) is 16.0. The van der Waals surface area contributed by atoms with E-state index >= 15 is 0 Å². The first-order valence-corrected chi connectivity index (χ1v) is 12.1. The van der Waals surface area contributed by atoms with Gasteiger partial charge >= 0.3 is 0 Å². The molecule has 10 heteroatoms. The minimum absolute atomic E-state index is 0.132. The summed E-state index contributed by atoms with van der Waals surface area (Å²) in [4.78, 5) is -1.75. The lowest BCUT2D eigenvalue weighted by molar-refractivity contribution is 0.441. The molecule has 1 fully saturated rings. The predicted octanol–water partition coefficient (Wildman–Crippen LogP) is 4.35. The van der Waals surface area contributed by atoms with Gasteiger partial charge in [-0.05, 0) is 12.8 Å². The molecular formula is C18H30F3N3O2S2. The molecule has 0 heterocycles. The molecule has 162 valence electrons. The van der Waals surface area contributed by atoms with Crippen molar-refractivity contribution >= 4 is 27.5 Å². The van der Waals surface area contributed by atoms with E-state index in [1.807, 2.05) is 13.8 Å². The van der Waals surface area contributed by atoms with Gasteiger partial charge in [-0.2, -0.15) is 0 Å². The number of nitrogens with two attached hydrogens (primary N) is 2. The monoisotopic (exact) mass is 441 g/mol. The summed E-state index contributed by atoms with van der Waals surface area (Å²) < 4.78 is 67.2. The van der Waals surface area contributed by atoms with Crippen molar-refractivity contribution in [3.63, 3.8) is 0 Å². The van der Waals surface area contributed by atoms with Crippen LogP contribution in [0.5, 0.6) is 0 Å². The van der Waals surface area contributed by atoms with Crippen LogP contribution in [-0.2, 0) is 10.0 Å². The zero-order chi connectivity index (χ0) is 21.3. The fraction of sp³-hybridized carbons (Fsp3) is 0.667. The summed E-state index contributed by atoms with van der Waals surface area (Å²) in [6, 6.07) is -0.234. The summed E-state index contributed by atoms with van der Waals surface area (Å²) in [7, 11) is -4.66. The molecular weight excluding hydrogens is 411 g/mol. The van der Waals surface area contributed by atoms with Crippen molar-refractivity contribution in [1.82, 2.24) is 0 Å². The number of hydrogen-bond acceptors (Lipinski definition) is 5. The lowest BCUT2D eigenvalue weighted by Gasteiger charge is -2.24. The predicted molar refractivity (Wildman–Crippen MR) is 109 cm³/mol. The van der Waals surface area contributed by atoms with Gasteiger partial charge in [0.1, 0.15) is 4.90 Å². The van der Waals surface area contributed by atoms with Crippen LogP contribution >= 0.6 is 11.8 Å². The number of thioether (sulfide) groups is 1. The third kappa shape index (κ3) is 6.53. The van der Waals surface area contributed by atoms with E-state index in [0.29, 0.717) is 24.6 Å². The van der Waals surface area contributed by atoms with Crippen LogP contribution in [0.15, 0.2) is 9.79 Å². The van der Waals surface area contributed by atoms with Crippen molar-refractivity contribution in [3.8, 4) is 0 Å². The molecule has 0 amide bonds. The molecule has 5 nitrogen and oxygen atoms in total. The highest BCUT2D eigenvalue weighted by Gasteiger charge is 2.32. The fourth-order valence-electron chi connectivity index (χ4n) is 3.11. The third-order valence-corrected chi connectivity index (χ3v) is 6.38.